The minimum Gasteiger partial charge on any atom is -0.313 e. The van der Waals surface area contributed by atoms with Gasteiger partial charge in [-0.05, 0) is 38.1 Å². The molecule has 2 rings (SSSR count). The third kappa shape index (κ3) is 3.42. The Hall–Kier alpha value is -0.130. The zero-order chi connectivity index (χ0) is 12.5. The lowest BCUT2D eigenvalue weighted by Crippen LogP contribution is -2.44. The third-order valence-corrected chi connectivity index (χ3v) is 5.79. The molecular weight excluding hydrogens is 236 g/mol. The molecule has 1 aliphatic carbocycles. The molecule has 0 spiro atoms. The van der Waals surface area contributed by atoms with Gasteiger partial charge in [0, 0.05) is 19.1 Å². The minimum absolute atomic E-state index is 0.0809. The molecule has 0 aromatic rings. The predicted molar refractivity (Wildman–Crippen MR) is 69.4 cm³/mol. The number of rotatable bonds is 6. The Balaban J connectivity index is 2.01. The van der Waals surface area contributed by atoms with Crippen LogP contribution in [0.4, 0.5) is 0 Å². The molecule has 100 valence electrons. The van der Waals surface area contributed by atoms with Gasteiger partial charge >= 0.3 is 0 Å². The highest BCUT2D eigenvalue weighted by Gasteiger charge is 2.40. The maximum Gasteiger partial charge on any atom is 0.217 e. The molecule has 1 unspecified atom stereocenters. The van der Waals surface area contributed by atoms with Gasteiger partial charge in [0.25, 0.3) is 0 Å². The molecule has 0 bridgehead atoms. The molecule has 0 radical (unpaired) electrons. The molecule has 0 aromatic heterocycles. The quantitative estimate of drug-likeness (QED) is 0.780. The Morgan fingerprint density at radius 3 is 2.47 bits per heavy atom. The lowest BCUT2D eigenvalue weighted by molar-refractivity contribution is 0.336. The van der Waals surface area contributed by atoms with Gasteiger partial charge in [0.05, 0.1) is 5.25 Å². The molecular formula is C12H24N2O2S. The van der Waals surface area contributed by atoms with Gasteiger partial charge in [0.1, 0.15) is 0 Å². The SMILES string of the molecule is CC(C)CN(CC1CCCN1)S(=O)(=O)C1CC1. The molecule has 0 aromatic carbocycles. The van der Waals surface area contributed by atoms with Gasteiger partial charge in [-0.3, -0.25) is 0 Å². The van der Waals surface area contributed by atoms with E-state index in [0.29, 0.717) is 25.0 Å². The Labute approximate surface area is 105 Å². The highest BCUT2D eigenvalue weighted by Crippen LogP contribution is 2.31. The highest BCUT2D eigenvalue weighted by molar-refractivity contribution is 7.90. The lowest BCUT2D eigenvalue weighted by atomic mass is 10.2. The molecule has 0 amide bonds. The monoisotopic (exact) mass is 260 g/mol. The van der Waals surface area contributed by atoms with Crippen LogP contribution in [0.25, 0.3) is 0 Å². The van der Waals surface area contributed by atoms with Crippen LogP contribution < -0.4 is 5.32 Å². The second-order valence-corrected chi connectivity index (χ2v) is 7.96. The van der Waals surface area contributed by atoms with E-state index in [0.717, 1.165) is 25.8 Å². The molecule has 2 aliphatic rings. The number of hydrogen-bond acceptors (Lipinski definition) is 3. The van der Waals surface area contributed by atoms with Gasteiger partial charge in [-0.1, -0.05) is 13.8 Å². The topological polar surface area (TPSA) is 49.4 Å². The zero-order valence-electron chi connectivity index (χ0n) is 10.9. The van der Waals surface area contributed by atoms with Crippen molar-refractivity contribution in [3.63, 3.8) is 0 Å². The fraction of sp³-hybridized carbons (Fsp3) is 1.00. The first kappa shape index (κ1) is 13.3. The largest absolute Gasteiger partial charge is 0.313 e. The first-order valence-corrected chi connectivity index (χ1v) is 8.23. The van der Waals surface area contributed by atoms with Crippen molar-refractivity contribution in [2.24, 2.45) is 5.92 Å². The van der Waals surface area contributed by atoms with E-state index in [1.807, 2.05) is 0 Å². The summed E-state index contributed by atoms with van der Waals surface area (Å²) in [5, 5.41) is 3.30. The smallest absolute Gasteiger partial charge is 0.217 e. The van der Waals surface area contributed by atoms with Gasteiger partial charge < -0.3 is 5.32 Å². The van der Waals surface area contributed by atoms with Crippen molar-refractivity contribution in [2.75, 3.05) is 19.6 Å². The fourth-order valence-electron chi connectivity index (χ4n) is 2.42. The average molecular weight is 260 g/mol. The summed E-state index contributed by atoms with van der Waals surface area (Å²) in [7, 11) is -3.02. The van der Waals surface area contributed by atoms with Crippen LogP contribution in [0.15, 0.2) is 0 Å². The molecule has 1 atom stereocenters. The number of nitrogens with one attached hydrogen (secondary N) is 1. The molecule has 17 heavy (non-hydrogen) atoms. The van der Waals surface area contributed by atoms with Gasteiger partial charge in [-0.2, -0.15) is 4.31 Å². The van der Waals surface area contributed by atoms with Crippen molar-refractivity contribution >= 4 is 10.0 Å². The van der Waals surface area contributed by atoms with Gasteiger partial charge in [0.15, 0.2) is 0 Å². The van der Waals surface area contributed by atoms with Crippen molar-refractivity contribution in [1.82, 2.24) is 9.62 Å². The van der Waals surface area contributed by atoms with Crippen LogP contribution in [0.1, 0.15) is 39.5 Å². The van der Waals surface area contributed by atoms with Gasteiger partial charge in [-0.15, -0.1) is 0 Å². The molecule has 1 saturated heterocycles. The van der Waals surface area contributed by atoms with E-state index in [-0.39, 0.29) is 5.25 Å². The predicted octanol–water partition coefficient (Wildman–Crippen LogP) is 1.19. The standard InChI is InChI=1S/C12H24N2O2S/c1-10(2)8-14(9-11-4-3-7-13-11)17(15,16)12-5-6-12/h10-13H,3-9H2,1-2H3. The van der Waals surface area contributed by atoms with Crippen molar-refractivity contribution in [3.05, 3.63) is 0 Å². The number of nitrogens with zero attached hydrogens (tertiary/aromatic N) is 1. The fourth-order valence-corrected chi connectivity index (χ4v) is 4.47. The summed E-state index contributed by atoms with van der Waals surface area (Å²) in [5.41, 5.74) is 0. The normalized spacial score (nSPS) is 26.0. The van der Waals surface area contributed by atoms with E-state index in [1.165, 1.54) is 6.42 Å². The second-order valence-electron chi connectivity index (χ2n) is 5.75. The van der Waals surface area contributed by atoms with Crippen LogP contribution in [0.2, 0.25) is 0 Å². The Bertz CT molecular complexity index is 344. The van der Waals surface area contributed by atoms with E-state index in [9.17, 15) is 8.42 Å². The maximum atomic E-state index is 12.3. The first-order chi connectivity index (χ1) is 8.00. The molecule has 2 fully saturated rings. The molecule has 1 heterocycles. The summed E-state index contributed by atoms with van der Waals surface area (Å²) in [5.74, 6) is 0.393. The van der Waals surface area contributed by atoms with E-state index >= 15 is 0 Å². The van der Waals surface area contributed by atoms with E-state index in [2.05, 4.69) is 19.2 Å². The van der Waals surface area contributed by atoms with Crippen LogP contribution in [0.3, 0.4) is 0 Å². The van der Waals surface area contributed by atoms with Crippen molar-refractivity contribution in [2.45, 2.75) is 50.8 Å². The highest BCUT2D eigenvalue weighted by atomic mass is 32.2. The second kappa shape index (κ2) is 5.24. The molecule has 1 aliphatic heterocycles. The lowest BCUT2D eigenvalue weighted by Gasteiger charge is -2.26. The summed E-state index contributed by atoms with van der Waals surface area (Å²) < 4.78 is 26.4. The van der Waals surface area contributed by atoms with Crippen LogP contribution >= 0.6 is 0 Å². The molecule has 1 N–H and O–H groups in total. The number of sulfonamides is 1. The van der Waals surface area contributed by atoms with Gasteiger partial charge in [-0.25, -0.2) is 8.42 Å². The Morgan fingerprint density at radius 2 is 2.00 bits per heavy atom. The molecule has 5 heteroatoms. The average Bonchev–Trinajstić information content (AvgIpc) is 2.98. The van der Waals surface area contributed by atoms with Crippen LogP contribution in [0, 0.1) is 5.92 Å². The van der Waals surface area contributed by atoms with Crippen LogP contribution in [-0.2, 0) is 10.0 Å². The summed E-state index contributed by atoms with van der Waals surface area (Å²) in [6, 6.07) is 0.363. The van der Waals surface area contributed by atoms with E-state index in [4.69, 9.17) is 0 Å². The Kier molecular flexibility index (Phi) is 4.10. The third-order valence-electron chi connectivity index (χ3n) is 3.46. The van der Waals surface area contributed by atoms with Gasteiger partial charge in [0.2, 0.25) is 10.0 Å². The summed E-state index contributed by atoms with van der Waals surface area (Å²) in [6.07, 6.45) is 3.99. The molecule has 1 saturated carbocycles. The first-order valence-electron chi connectivity index (χ1n) is 6.72. The van der Waals surface area contributed by atoms with Crippen molar-refractivity contribution in [3.8, 4) is 0 Å². The van der Waals surface area contributed by atoms with E-state index in [1.54, 1.807) is 4.31 Å². The number of hydrogen-bond donors (Lipinski definition) is 1. The Morgan fingerprint density at radius 1 is 1.29 bits per heavy atom. The zero-order valence-corrected chi connectivity index (χ0v) is 11.7. The minimum atomic E-state index is -3.02. The summed E-state index contributed by atoms with van der Waals surface area (Å²) >= 11 is 0. The van der Waals surface area contributed by atoms with Crippen molar-refractivity contribution < 1.29 is 8.42 Å². The van der Waals surface area contributed by atoms with E-state index < -0.39 is 10.0 Å². The van der Waals surface area contributed by atoms with Crippen LogP contribution in [-0.4, -0.2) is 43.6 Å². The summed E-state index contributed by atoms with van der Waals surface area (Å²) in [6.45, 7) is 6.52. The molecule has 4 nitrogen and oxygen atoms in total. The van der Waals surface area contributed by atoms with Crippen molar-refractivity contribution in [1.29, 1.82) is 0 Å². The summed E-state index contributed by atoms with van der Waals surface area (Å²) in [4.78, 5) is 0. The van der Waals surface area contributed by atoms with Crippen LogP contribution in [0.5, 0.6) is 0 Å². The maximum absolute atomic E-state index is 12.3.